The van der Waals surface area contributed by atoms with E-state index in [0.717, 1.165) is 35.5 Å². The Morgan fingerprint density at radius 1 is 0.870 bits per heavy atom. The van der Waals surface area contributed by atoms with Gasteiger partial charge in [0.25, 0.3) is 0 Å². The fourth-order valence-corrected chi connectivity index (χ4v) is 7.50. The molecule has 1 nitrogen and oxygen atoms in total. The third-order valence-corrected chi connectivity index (χ3v) is 8.63. The van der Waals surface area contributed by atoms with Crippen molar-refractivity contribution in [2.75, 3.05) is 6.61 Å². The van der Waals surface area contributed by atoms with E-state index in [0.29, 0.717) is 17.9 Å². The van der Waals surface area contributed by atoms with Gasteiger partial charge in [0.15, 0.2) is 0 Å². The highest BCUT2D eigenvalue weighted by Crippen LogP contribution is 2.64. The summed E-state index contributed by atoms with van der Waals surface area (Å²) in [5.74, 6) is 6.72. The van der Waals surface area contributed by atoms with E-state index < -0.39 is 0 Å². The van der Waals surface area contributed by atoms with Gasteiger partial charge in [0.1, 0.15) is 0 Å². The maximum atomic E-state index is 9.78. The lowest BCUT2D eigenvalue weighted by molar-refractivity contribution is -0.0722. The Bertz CT molecular complexity index is 391. The van der Waals surface area contributed by atoms with Crippen molar-refractivity contribution in [1.82, 2.24) is 0 Å². The molecular formula is C22H40O. The number of aliphatic hydroxyl groups excluding tert-OH is 1. The van der Waals surface area contributed by atoms with Gasteiger partial charge in [-0.2, -0.15) is 0 Å². The van der Waals surface area contributed by atoms with E-state index in [-0.39, 0.29) is 0 Å². The first-order valence-electron chi connectivity index (χ1n) is 10.7. The first kappa shape index (κ1) is 17.8. The van der Waals surface area contributed by atoms with Crippen LogP contribution in [0.4, 0.5) is 0 Å². The van der Waals surface area contributed by atoms with Crippen LogP contribution in [-0.2, 0) is 0 Å². The summed E-state index contributed by atoms with van der Waals surface area (Å²) in [6, 6.07) is 0. The lowest BCUT2D eigenvalue weighted by atomic mass is 9.49. The summed E-state index contributed by atoms with van der Waals surface area (Å²) in [6.07, 6.45) is 13.2. The molecule has 4 saturated carbocycles. The third-order valence-electron chi connectivity index (χ3n) is 8.63. The maximum Gasteiger partial charge on any atom is 0.0464 e. The van der Waals surface area contributed by atoms with Gasteiger partial charge in [0, 0.05) is 6.61 Å². The van der Waals surface area contributed by atoms with Gasteiger partial charge >= 0.3 is 0 Å². The van der Waals surface area contributed by atoms with E-state index in [9.17, 15) is 5.11 Å². The Labute approximate surface area is 144 Å². The molecule has 0 radical (unpaired) electrons. The molecular weight excluding hydrogens is 280 g/mol. The van der Waals surface area contributed by atoms with Gasteiger partial charge in [-0.1, -0.05) is 34.1 Å². The molecule has 0 saturated heterocycles. The van der Waals surface area contributed by atoms with Crippen molar-refractivity contribution in [3.05, 3.63) is 0 Å². The summed E-state index contributed by atoms with van der Waals surface area (Å²) in [4.78, 5) is 0. The predicted molar refractivity (Wildman–Crippen MR) is 98.2 cm³/mol. The Hall–Kier alpha value is -0.0400. The van der Waals surface area contributed by atoms with Crippen molar-refractivity contribution in [3.63, 3.8) is 0 Å². The van der Waals surface area contributed by atoms with Crippen LogP contribution in [0.15, 0.2) is 0 Å². The zero-order valence-electron chi connectivity index (χ0n) is 16.1. The monoisotopic (exact) mass is 320 g/mol. The molecule has 8 unspecified atom stereocenters. The first-order chi connectivity index (χ1) is 11.1. The van der Waals surface area contributed by atoms with Crippen molar-refractivity contribution < 1.29 is 5.11 Å². The smallest absolute Gasteiger partial charge is 0.0464 e. The van der Waals surface area contributed by atoms with E-state index in [4.69, 9.17) is 0 Å². The largest absolute Gasteiger partial charge is 0.396 e. The second kappa shape index (κ2) is 7.06. The van der Waals surface area contributed by atoms with Crippen LogP contribution in [0.5, 0.6) is 0 Å². The normalized spacial score (nSPS) is 51.8. The molecule has 4 aliphatic carbocycles. The van der Waals surface area contributed by atoms with E-state index in [1.54, 1.807) is 0 Å². The first-order valence-corrected chi connectivity index (χ1v) is 10.7. The standard InChI is InChI=1S/C20H34O.C2H6/c1-13-3-6-16-14(11-13)4-7-18-17(16)9-10-20(2)15(12-21)5-8-19(18)20;1-2/h13-19,21H,3-12H2,1-2H3;1-2H3. The molecule has 0 amide bonds. The molecule has 0 aromatic heterocycles. The summed E-state index contributed by atoms with van der Waals surface area (Å²) in [5.41, 5.74) is 0.477. The molecule has 0 bridgehead atoms. The van der Waals surface area contributed by atoms with E-state index >= 15 is 0 Å². The average molecular weight is 321 g/mol. The van der Waals surface area contributed by atoms with Crippen LogP contribution in [0.2, 0.25) is 0 Å². The minimum atomic E-state index is 0.438. The summed E-state index contributed by atoms with van der Waals surface area (Å²) in [5, 5.41) is 9.78. The van der Waals surface area contributed by atoms with Crippen LogP contribution in [-0.4, -0.2) is 11.7 Å². The average Bonchev–Trinajstić information content (AvgIpc) is 2.92. The molecule has 4 fully saturated rings. The van der Waals surface area contributed by atoms with Gasteiger partial charge < -0.3 is 5.11 Å². The van der Waals surface area contributed by atoms with Crippen LogP contribution in [0, 0.1) is 46.8 Å². The van der Waals surface area contributed by atoms with Crippen molar-refractivity contribution in [2.24, 2.45) is 46.8 Å². The molecule has 1 N–H and O–H groups in total. The molecule has 0 spiro atoms. The summed E-state index contributed by atoms with van der Waals surface area (Å²) < 4.78 is 0. The summed E-state index contributed by atoms with van der Waals surface area (Å²) in [6.45, 7) is 9.44. The molecule has 8 atom stereocenters. The minimum Gasteiger partial charge on any atom is -0.396 e. The second-order valence-electron chi connectivity index (χ2n) is 9.36. The Balaban J connectivity index is 0.000000753. The van der Waals surface area contributed by atoms with Gasteiger partial charge in [0.05, 0.1) is 0 Å². The molecule has 0 aliphatic heterocycles. The highest BCUT2D eigenvalue weighted by atomic mass is 16.3. The van der Waals surface area contributed by atoms with Gasteiger partial charge in [-0.05, 0) is 98.2 Å². The summed E-state index contributed by atoms with van der Waals surface area (Å²) >= 11 is 0. The van der Waals surface area contributed by atoms with Gasteiger partial charge in [-0.15, -0.1) is 0 Å². The van der Waals surface area contributed by atoms with Crippen molar-refractivity contribution in [2.45, 2.75) is 85.5 Å². The lowest BCUT2D eigenvalue weighted by Gasteiger charge is -2.56. The number of rotatable bonds is 1. The molecule has 0 heterocycles. The van der Waals surface area contributed by atoms with Crippen LogP contribution < -0.4 is 0 Å². The van der Waals surface area contributed by atoms with Gasteiger partial charge in [-0.3, -0.25) is 0 Å². The second-order valence-corrected chi connectivity index (χ2v) is 9.36. The maximum absolute atomic E-state index is 9.78. The Morgan fingerprint density at radius 2 is 1.61 bits per heavy atom. The lowest BCUT2D eigenvalue weighted by Crippen LogP contribution is -2.48. The highest BCUT2D eigenvalue weighted by molar-refractivity contribution is 5.05. The highest BCUT2D eigenvalue weighted by Gasteiger charge is 2.56. The van der Waals surface area contributed by atoms with Crippen LogP contribution >= 0.6 is 0 Å². The van der Waals surface area contributed by atoms with E-state index in [1.807, 2.05) is 13.8 Å². The Morgan fingerprint density at radius 3 is 2.35 bits per heavy atom. The van der Waals surface area contributed by atoms with Crippen LogP contribution in [0.1, 0.15) is 85.5 Å². The molecule has 4 aliphatic rings. The topological polar surface area (TPSA) is 20.2 Å². The minimum absolute atomic E-state index is 0.438. The number of hydrogen-bond acceptors (Lipinski definition) is 1. The van der Waals surface area contributed by atoms with Gasteiger partial charge in [0.2, 0.25) is 0 Å². The van der Waals surface area contributed by atoms with Crippen LogP contribution in [0.25, 0.3) is 0 Å². The van der Waals surface area contributed by atoms with E-state index in [2.05, 4.69) is 13.8 Å². The van der Waals surface area contributed by atoms with Crippen LogP contribution in [0.3, 0.4) is 0 Å². The van der Waals surface area contributed by atoms with E-state index in [1.165, 1.54) is 57.8 Å². The Kier molecular flexibility index (Phi) is 5.46. The fourth-order valence-electron chi connectivity index (χ4n) is 7.50. The molecule has 0 aromatic carbocycles. The molecule has 23 heavy (non-hydrogen) atoms. The molecule has 1 heteroatoms. The molecule has 4 rings (SSSR count). The molecule has 134 valence electrons. The molecule has 0 aromatic rings. The van der Waals surface area contributed by atoms with Crippen molar-refractivity contribution in [3.8, 4) is 0 Å². The SMILES string of the molecule is CC.CC1CCC2C(CCC3C2CCC2(C)C(CO)CCC32)C1. The fraction of sp³-hybridized carbons (Fsp3) is 1.00. The quantitative estimate of drug-likeness (QED) is 0.636. The summed E-state index contributed by atoms with van der Waals surface area (Å²) in [7, 11) is 0. The number of aliphatic hydroxyl groups is 1. The predicted octanol–water partition coefficient (Wildman–Crippen LogP) is 5.91. The van der Waals surface area contributed by atoms with Gasteiger partial charge in [-0.25, -0.2) is 0 Å². The van der Waals surface area contributed by atoms with Crippen molar-refractivity contribution >= 4 is 0 Å². The zero-order valence-corrected chi connectivity index (χ0v) is 16.1. The third kappa shape index (κ3) is 2.90. The number of fused-ring (bicyclic) bond motifs is 5. The zero-order chi connectivity index (χ0) is 16.6. The number of hydrogen-bond donors (Lipinski definition) is 1. The van der Waals surface area contributed by atoms with Crippen molar-refractivity contribution in [1.29, 1.82) is 0 Å².